The molecule has 0 unspecified atom stereocenters. The number of nitrogens with one attached hydrogen (secondary N) is 1. The van der Waals surface area contributed by atoms with Gasteiger partial charge in [0.2, 0.25) is 0 Å². The summed E-state index contributed by atoms with van der Waals surface area (Å²) in [5.74, 6) is 0.329. The van der Waals surface area contributed by atoms with Crippen LogP contribution in [0.25, 0.3) is 0 Å². The van der Waals surface area contributed by atoms with E-state index in [4.69, 9.17) is 10.5 Å². The summed E-state index contributed by atoms with van der Waals surface area (Å²) in [6.07, 6.45) is 3.35. The fourth-order valence-electron chi connectivity index (χ4n) is 2.06. The molecule has 0 aromatic carbocycles. The predicted molar refractivity (Wildman–Crippen MR) is 76.6 cm³/mol. The zero-order chi connectivity index (χ0) is 13.7. The van der Waals surface area contributed by atoms with Crippen LogP contribution < -0.4 is 11.1 Å². The van der Waals surface area contributed by atoms with Crippen LogP contribution in [0.15, 0.2) is 0 Å². The highest BCUT2D eigenvalue weighted by Gasteiger charge is 2.23. The van der Waals surface area contributed by atoms with Gasteiger partial charge in [-0.15, -0.1) is 0 Å². The first-order valence-electron chi connectivity index (χ1n) is 6.50. The lowest BCUT2D eigenvalue weighted by atomic mass is 10.1. The van der Waals surface area contributed by atoms with E-state index in [1.165, 1.54) is 17.8 Å². The Hall–Kier alpha value is -1.34. The molecule has 0 aliphatic carbocycles. The molecule has 2 heterocycles. The number of ether oxygens (including phenoxy) is 1. The quantitative estimate of drug-likeness (QED) is 0.799. The molecule has 1 saturated heterocycles. The molecule has 1 aliphatic heterocycles. The molecule has 0 saturated carbocycles. The Bertz CT molecular complexity index is 429. The van der Waals surface area contributed by atoms with Gasteiger partial charge >= 0.3 is 0 Å². The van der Waals surface area contributed by atoms with Crippen molar-refractivity contribution in [3.05, 3.63) is 4.88 Å². The molecule has 19 heavy (non-hydrogen) atoms. The minimum absolute atomic E-state index is 0.00879. The molecule has 0 spiro atoms. The van der Waals surface area contributed by atoms with Gasteiger partial charge < -0.3 is 20.7 Å². The smallest absolute Gasteiger partial charge is 0.267 e. The summed E-state index contributed by atoms with van der Waals surface area (Å²) in [5.41, 5.74) is 5.83. The number of amides is 1. The van der Waals surface area contributed by atoms with Crippen molar-refractivity contribution in [1.82, 2.24) is 9.88 Å². The Morgan fingerprint density at radius 2 is 2.21 bits per heavy atom. The largest absolute Gasteiger partial charge is 0.383 e. The monoisotopic (exact) mass is 284 g/mol. The lowest BCUT2D eigenvalue weighted by Crippen LogP contribution is -2.35. The molecule has 2 rings (SSSR count). The SMILES string of the molecule is COCCNc1nc(N)c(C(=O)N2CCCCC2)s1. The number of thiazole rings is 1. The summed E-state index contributed by atoms with van der Waals surface area (Å²) < 4.78 is 4.95. The van der Waals surface area contributed by atoms with Crippen molar-refractivity contribution in [2.45, 2.75) is 19.3 Å². The minimum atomic E-state index is 0.00879. The van der Waals surface area contributed by atoms with Gasteiger partial charge in [-0.3, -0.25) is 4.79 Å². The third kappa shape index (κ3) is 3.57. The Morgan fingerprint density at radius 1 is 1.47 bits per heavy atom. The third-order valence-corrected chi connectivity index (χ3v) is 4.09. The second-order valence-corrected chi connectivity index (χ2v) is 5.50. The van der Waals surface area contributed by atoms with Gasteiger partial charge in [-0.25, -0.2) is 4.98 Å². The van der Waals surface area contributed by atoms with Gasteiger partial charge in [0.1, 0.15) is 10.7 Å². The first-order chi connectivity index (χ1) is 9.22. The predicted octanol–water partition coefficient (Wildman–Crippen LogP) is 1.41. The number of hydrogen-bond acceptors (Lipinski definition) is 6. The van der Waals surface area contributed by atoms with Crippen LogP contribution >= 0.6 is 11.3 Å². The highest BCUT2D eigenvalue weighted by molar-refractivity contribution is 7.18. The number of nitrogens with zero attached hydrogens (tertiary/aromatic N) is 2. The number of likely N-dealkylation sites (tertiary alicyclic amines) is 1. The van der Waals surface area contributed by atoms with Crippen LogP contribution in [0.5, 0.6) is 0 Å². The highest BCUT2D eigenvalue weighted by atomic mass is 32.1. The van der Waals surface area contributed by atoms with Crippen molar-refractivity contribution in [3.63, 3.8) is 0 Å². The zero-order valence-corrected chi connectivity index (χ0v) is 12.0. The summed E-state index contributed by atoms with van der Waals surface area (Å²) in [5, 5.41) is 3.77. The number of anilines is 2. The van der Waals surface area contributed by atoms with Crippen molar-refractivity contribution in [2.24, 2.45) is 0 Å². The molecule has 1 fully saturated rings. The molecular weight excluding hydrogens is 264 g/mol. The second kappa shape index (κ2) is 6.72. The first kappa shape index (κ1) is 14.1. The number of hydrogen-bond donors (Lipinski definition) is 2. The molecule has 0 radical (unpaired) electrons. The Labute approximate surface area is 116 Å². The van der Waals surface area contributed by atoms with E-state index in [2.05, 4.69) is 10.3 Å². The molecular formula is C12H20N4O2S. The number of nitrogens with two attached hydrogens (primary N) is 1. The first-order valence-corrected chi connectivity index (χ1v) is 7.32. The van der Waals surface area contributed by atoms with Crippen molar-refractivity contribution in [2.75, 3.05) is 44.4 Å². The number of nitrogen functional groups attached to an aromatic ring is 1. The van der Waals surface area contributed by atoms with Crippen LogP contribution in [0, 0.1) is 0 Å². The van der Waals surface area contributed by atoms with Gasteiger partial charge in [0.05, 0.1) is 6.61 Å². The second-order valence-electron chi connectivity index (χ2n) is 4.51. The number of aromatic nitrogens is 1. The Balaban J connectivity index is 2.00. The van der Waals surface area contributed by atoms with Gasteiger partial charge in [0.15, 0.2) is 5.13 Å². The van der Waals surface area contributed by atoms with Crippen LogP contribution in [0.2, 0.25) is 0 Å². The summed E-state index contributed by atoms with van der Waals surface area (Å²) >= 11 is 1.32. The normalized spacial score (nSPS) is 15.5. The van der Waals surface area contributed by atoms with E-state index in [0.29, 0.717) is 29.0 Å². The zero-order valence-electron chi connectivity index (χ0n) is 11.1. The van der Waals surface area contributed by atoms with Gasteiger partial charge in [-0.05, 0) is 19.3 Å². The van der Waals surface area contributed by atoms with Crippen molar-refractivity contribution in [1.29, 1.82) is 0 Å². The van der Waals surface area contributed by atoms with E-state index < -0.39 is 0 Å². The average Bonchev–Trinajstić information content (AvgIpc) is 2.80. The highest BCUT2D eigenvalue weighted by Crippen LogP contribution is 2.27. The van der Waals surface area contributed by atoms with Gasteiger partial charge in [0, 0.05) is 26.7 Å². The van der Waals surface area contributed by atoms with E-state index in [1.54, 1.807) is 7.11 Å². The van der Waals surface area contributed by atoms with Gasteiger partial charge in [-0.1, -0.05) is 11.3 Å². The number of carbonyl (C=O) groups is 1. The van der Waals surface area contributed by atoms with Crippen LogP contribution in [0.1, 0.15) is 28.9 Å². The van der Waals surface area contributed by atoms with Crippen molar-refractivity contribution >= 4 is 28.2 Å². The average molecular weight is 284 g/mol. The molecule has 1 aromatic heterocycles. The van der Waals surface area contributed by atoms with E-state index in [1.807, 2.05) is 4.90 Å². The van der Waals surface area contributed by atoms with E-state index >= 15 is 0 Å². The summed E-state index contributed by atoms with van der Waals surface area (Å²) in [6, 6.07) is 0. The molecule has 7 heteroatoms. The lowest BCUT2D eigenvalue weighted by Gasteiger charge is -2.26. The molecule has 0 atom stereocenters. The molecule has 3 N–H and O–H groups in total. The number of methoxy groups -OCH3 is 1. The van der Waals surface area contributed by atoms with E-state index in [-0.39, 0.29) is 5.91 Å². The summed E-state index contributed by atoms with van der Waals surface area (Å²) in [4.78, 5) is 18.9. The number of rotatable bonds is 5. The van der Waals surface area contributed by atoms with Crippen LogP contribution in [0.4, 0.5) is 10.9 Å². The maximum absolute atomic E-state index is 12.3. The fourth-order valence-corrected chi connectivity index (χ4v) is 2.94. The van der Waals surface area contributed by atoms with E-state index in [9.17, 15) is 4.79 Å². The number of piperidine rings is 1. The lowest BCUT2D eigenvalue weighted by molar-refractivity contribution is 0.0730. The molecule has 0 bridgehead atoms. The van der Waals surface area contributed by atoms with Crippen LogP contribution in [-0.2, 0) is 4.74 Å². The third-order valence-electron chi connectivity index (χ3n) is 3.07. The van der Waals surface area contributed by atoms with Gasteiger partial charge in [-0.2, -0.15) is 0 Å². The molecule has 1 amide bonds. The topological polar surface area (TPSA) is 80.5 Å². The Kier molecular flexibility index (Phi) is 4.98. The molecule has 106 valence electrons. The summed E-state index contributed by atoms with van der Waals surface area (Å²) in [7, 11) is 1.64. The minimum Gasteiger partial charge on any atom is -0.383 e. The molecule has 1 aliphatic rings. The van der Waals surface area contributed by atoms with Crippen LogP contribution in [-0.4, -0.2) is 49.1 Å². The summed E-state index contributed by atoms with van der Waals surface area (Å²) in [6.45, 7) is 2.89. The maximum Gasteiger partial charge on any atom is 0.267 e. The van der Waals surface area contributed by atoms with Crippen molar-refractivity contribution < 1.29 is 9.53 Å². The van der Waals surface area contributed by atoms with Gasteiger partial charge in [0.25, 0.3) is 5.91 Å². The molecule has 1 aromatic rings. The Morgan fingerprint density at radius 3 is 2.89 bits per heavy atom. The standard InChI is InChI=1S/C12H20N4O2S/c1-18-8-5-14-12-15-10(13)9(19-12)11(17)16-6-3-2-4-7-16/h2-8,13H2,1H3,(H,14,15). The maximum atomic E-state index is 12.3. The van der Waals surface area contributed by atoms with Crippen LogP contribution in [0.3, 0.4) is 0 Å². The molecule has 6 nitrogen and oxygen atoms in total. The van der Waals surface area contributed by atoms with Crippen molar-refractivity contribution in [3.8, 4) is 0 Å². The van der Waals surface area contributed by atoms with E-state index in [0.717, 1.165) is 25.9 Å². The fraction of sp³-hybridized carbons (Fsp3) is 0.667. The number of carbonyl (C=O) groups excluding carboxylic acids is 1.